The van der Waals surface area contributed by atoms with E-state index in [-0.39, 0.29) is 0 Å². The average molecular weight is 298 g/mol. The Labute approximate surface area is 123 Å². The molecule has 0 radical (unpaired) electrons. The third-order valence-corrected chi connectivity index (χ3v) is 4.59. The molecule has 0 fully saturated rings. The zero-order valence-electron chi connectivity index (χ0n) is 11.6. The number of nitrogens with zero attached hydrogens (tertiary/aromatic N) is 2. The van der Waals surface area contributed by atoms with Gasteiger partial charge in [0.15, 0.2) is 0 Å². The fourth-order valence-corrected chi connectivity index (χ4v) is 3.16. The molecule has 0 aromatic carbocycles. The number of likely N-dealkylation sites (N-methyl/N-ethyl adjacent to an activating group) is 1. The Bertz CT molecular complexity index is 519. The van der Waals surface area contributed by atoms with E-state index < -0.39 is 0 Å². The highest BCUT2D eigenvalue weighted by atomic mass is 35.5. The van der Waals surface area contributed by atoms with E-state index in [1.165, 1.54) is 5.56 Å². The van der Waals surface area contributed by atoms with Crippen molar-refractivity contribution in [1.29, 1.82) is 0 Å². The summed E-state index contributed by atoms with van der Waals surface area (Å²) >= 11 is 8.11. The molecule has 2 aromatic rings. The predicted molar refractivity (Wildman–Crippen MR) is 82.2 cm³/mol. The van der Waals surface area contributed by atoms with Crippen molar-refractivity contribution in [3.05, 3.63) is 38.8 Å². The van der Waals surface area contributed by atoms with Gasteiger partial charge in [-0.05, 0) is 49.7 Å². The summed E-state index contributed by atoms with van der Waals surface area (Å²) in [5.41, 5.74) is 3.43. The molecule has 0 saturated carbocycles. The van der Waals surface area contributed by atoms with Crippen molar-refractivity contribution in [2.24, 2.45) is 0 Å². The molecule has 5 heteroatoms. The second kappa shape index (κ2) is 6.55. The van der Waals surface area contributed by atoms with Crippen molar-refractivity contribution in [1.82, 2.24) is 15.1 Å². The van der Waals surface area contributed by atoms with Crippen molar-refractivity contribution >= 4 is 22.9 Å². The highest BCUT2D eigenvalue weighted by Gasteiger charge is 2.17. The van der Waals surface area contributed by atoms with E-state index in [0.29, 0.717) is 6.04 Å². The molecule has 1 unspecified atom stereocenters. The molecular weight excluding hydrogens is 278 g/mol. The van der Waals surface area contributed by atoms with Gasteiger partial charge in [-0.3, -0.25) is 4.68 Å². The van der Waals surface area contributed by atoms with Gasteiger partial charge >= 0.3 is 0 Å². The number of rotatable bonds is 6. The zero-order valence-corrected chi connectivity index (χ0v) is 13.2. The maximum Gasteiger partial charge on any atom is 0.0847 e. The average Bonchev–Trinajstić information content (AvgIpc) is 3.01. The van der Waals surface area contributed by atoms with Crippen molar-refractivity contribution in [3.63, 3.8) is 0 Å². The summed E-state index contributed by atoms with van der Waals surface area (Å²) in [7, 11) is 2.00. The Balaban J connectivity index is 2.14. The fourth-order valence-electron chi connectivity index (χ4n) is 2.27. The number of aryl methyl sites for hydroxylation is 2. The first-order valence-electron chi connectivity index (χ1n) is 6.55. The molecule has 2 heterocycles. The number of hydrogen-bond donors (Lipinski definition) is 1. The molecule has 0 aliphatic carbocycles. The lowest BCUT2D eigenvalue weighted by molar-refractivity contribution is 0.520. The number of hydrogen-bond acceptors (Lipinski definition) is 3. The molecule has 19 heavy (non-hydrogen) atoms. The maximum absolute atomic E-state index is 6.37. The standard InChI is InChI=1S/C14H20ClN3S/c1-4-18-13(14(15)10(2)17-18)8-12(16-3)7-11-5-6-19-9-11/h5-6,9,12,16H,4,7-8H2,1-3H3. The number of nitrogens with one attached hydrogen (secondary N) is 1. The lowest BCUT2D eigenvalue weighted by Gasteiger charge is -2.16. The van der Waals surface area contributed by atoms with Gasteiger partial charge in [0, 0.05) is 19.0 Å². The molecule has 0 spiro atoms. The van der Waals surface area contributed by atoms with Gasteiger partial charge in [0.05, 0.1) is 16.4 Å². The van der Waals surface area contributed by atoms with Crippen LogP contribution < -0.4 is 5.32 Å². The first-order chi connectivity index (χ1) is 9.15. The molecule has 104 valence electrons. The van der Waals surface area contributed by atoms with E-state index in [1.807, 2.05) is 18.7 Å². The topological polar surface area (TPSA) is 29.9 Å². The van der Waals surface area contributed by atoms with E-state index >= 15 is 0 Å². The predicted octanol–water partition coefficient (Wildman–Crippen LogP) is 3.30. The molecule has 0 bridgehead atoms. The number of thiophene rings is 1. The highest BCUT2D eigenvalue weighted by Crippen LogP contribution is 2.22. The van der Waals surface area contributed by atoms with Gasteiger partial charge in [0.1, 0.15) is 0 Å². The minimum Gasteiger partial charge on any atom is -0.316 e. The van der Waals surface area contributed by atoms with Crippen LogP contribution in [0.5, 0.6) is 0 Å². The third-order valence-electron chi connectivity index (χ3n) is 3.36. The largest absolute Gasteiger partial charge is 0.316 e. The minimum atomic E-state index is 0.383. The van der Waals surface area contributed by atoms with Crippen LogP contribution in [0.25, 0.3) is 0 Å². The molecule has 0 aliphatic heterocycles. The highest BCUT2D eigenvalue weighted by molar-refractivity contribution is 7.07. The molecule has 1 atom stereocenters. The van der Waals surface area contributed by atoms with Gasteiger partial charge < -0.3 is 5.32 Å². The summed E-state index contributed by atoms with van der Waals surface area (Å²) in [4.78, 5) is 0. The molecule has 0 saturated heterocycles. The third kappa shape index (κ3) is 3.38. The van der Waals surface area contributed by atoms with Crippen molar-refractivity contribution in [3.8, 4) is 0 Å². The van der Waals surface area contributed by atoms with Crippen LogP contribution in [-0.2, 0) is 19.4 Å². The fraction of sp³-hybridized carbons (Fsp3) is 0.500. The quantitative estimate of drug-likeness (QED) is 0.886. The summed E-state index contributed by atoms with van der Waals surface area (Å²) in [6, 6.07) is 2.56. The Morgan fingerprint density at radius 1 is 1.47 bits per heavy atom. The second-order valence-electron chi connectivity index (χ2n) is 4.69. The van der Waals surface area contributed by atoms with Crippen LogP contribution in [0.3, 0.4) is 0 Å². The summed E-state index contributed by atoms with van der Waals surface area (Å²) in [6.45, 7) is 4.92. The van der Waals surface area contributed by atoms with Crippen LogP contribution in [0.15, 0.2) is 16.8 Å². The van der Waals surface area contributed by atoms with E-state index in [0.717, 1.165) is 35.8 Å². The number of halogens is 1. The molecule has 3 nitrogen and oxygen atoms in total. The van der Waals surface area contributed by atoms with Gasteiger partial charge in [-0.15, -0.1) is 0 Å². The lowest BCUT2D eigenvalue weighted by Crippen LogP contribution is -2.30. The van der Waals surface area contributed by atoms with Crippen LogP contribution in [0, 0.1) is 6.92 Å². The van der Waals surface area contributed by atoms with Gasteiger partial charge in [0.2, 0.25) is 0 Å². The zero-order chi connectivity index (χ0) is 13.8. The number of aromatic nitrogens is 2. The van der Waals surface area contributed by atoms with Gasteiger partial charge in [-0.1, -0.05) is 11.6 Å². The van der Waals surface area contributed by atoms with Gasteiger partial charge in [0.25, 0.3) is 0 Å². The summed E-state index contributed by atoms with van der Waals surface area (Å²) in [5, 5.41) is 13.0. The summed E-state index contributed by atoms with van der Waals surface area (Å²) in [5.74, 6) is 0. The van der Waals surface area contributed by atoms with Crippen molar-refractivity contribution < 1.29 is 0 Å². The molecule has 2 rings (SSSR count). The minimum absolute atomic E-state index is 0.383. The Morgan fingerprint density at radius 3 is 2.84 bits per heavy atom. The van der Waals surface area contributed by atoms with Crippen LogP contribution in [0.1, 0.15) is 23.9 Å². The van der Waals surface area contributed by atoms with Crippen molar-refractivity contribution in [2.75, 3.05) is 7.05 Å². The lowest BCUT2D eigenvalue weighted by atomic mass is 10.0. The Morgan fingerprint density at radius 2 is 2.26 bits per heavy atom. The maximum atomic E-state index is 6.37. The Hall–Kier alpha value is -0.840. The van der Waals surface area contributed by atoms with Crippen LogP contribution >= 0.6 is 22.9 Å². The first kappa shape index (κ1) is 14.6. The van der Waals surface area contributed by atoms with E-state index in [2.05, 4.69) is 34.2 Å². The van der Waals surface area contributed by atoms with Crippen LogP contribution in [0.4, 0.5) is 0 Å². The van der Waals surface area contributed by atoms with Crippen LogP contribution in [-0.4, -0.2) is 22.9 Å². The van der Waals surface area contributed by atoms with Gasteiger partial charge in [-0.2, -0.15) is 16.4 Å². The van der Waals surface area contributed by atoms with Gasteiger partial charge in [-0.25, -0.2) is 0 Å². The SMILES string of the molecule is CCn1nc(C)c(Cl)c1CC(Cc1ccsc1)NC. The normalized spacial score (nSPS) is 12.8. The summed E-state index contributed by atoms with van der Waals surface area (Å²) < 4.78 is 2.01. The smallest absolute Gasteiger partial charge is 0.0847 e. The molecular formula is C14H20ClN3S. The molecule has 0 amide bonds. The van der Waals surface area contributed by atoms with E-state index in [9.17, 15) is 0 Å². The molecule has 1 N–H and O–H groups in total. The summed E-state index contributed by atoms with van der Waals surface area (Å²) in [6.07, 6.45) is 1.92. The van der Waals surface area contributed by atoms with E-state index in [4.69, 9.17) is 11.6 Å². The monoisotopic (exact) mass is 297 g/mol. The second-order valence-corrected chi connectivity index (χ2v) is 5.85. The first-order valence-corrected chi connectivity index (χ1v) is 7.87. The van der Waals surface area contributed by atoms with Crippen molar-refractivity contribution in [2.45, 2.75) is 39.3 Å². The van der Waals surface area contributed by atoms with Crippen LogP contribution in [0.2, 0.25) is 5.02 Å². The molecule has 2 aromatic heterocycles. The van der Waals surface area contributed by atoms with E-state index in [1.54, 1.807) is 11.3 Å². The molecule has 0 aliphatic rings. The Kier molecular flexibility index (Phi) is 5.02.